The van der Waals surface area contributed by atoms with E-state index in [1.54, 1.807) is 23.6 Å². The minimum atomic E-state index is -0.481. The molecule has 134 valence electrons. The topological polar surface area (TPSA) is 44.1 Å². The molecule has 3 aromatic rings. The van der Waals surface area contributed by atoms with E-state index in [1.807, 2.05) is 52.9 Å². The Morgan fingerprint density at radius 1 is 1.15 bits per heavy atom. The number of halogens is 2. The second kappa shape index (κ2) is 7.99. The van der Waals surface area contributed by atoms with Crippen molar-refractivity contribution in [1.29, 1.82) is 0 Å². The second-order valence-electron chi connectivity index (χ2n) is 5.85. The molecule has 0 unspecified atom stereocenters. The van der Waals surface area contributed by atoms with E-state index in [0.29, 0.717) is 33.6 Å². The summed E-state index contributed by atoms with van der Waals surface area (Å²) < 4.78 is 21.5. The Morgan fingerprint density at radius 2 is 1.88 bits per heavy atom. The van der Waals surface area contributed by atoms with Crippen LogP contribution in [0.5, 0.6) is 5.75 Å². The molecule has 0 aliphatic heterocycles. The first-order valence-corrected chi connectivity index (χ1v) is 9.24. The zero-order valence-corrected chi connectivity index (χ0v) is 16.7. The van der Waals surface area contributed by atoms with Crippen molar-refractivity contribution in [3.05, 3.63) is 79.5 Å². The number of para-hydroxylation sites is 1. The molecule has 1 heterocycles. The highest BCUT2D eigenvalue weighted by molar-refractivity contribution is 14.1. The van der Waals surface area contributed by atoms with Crippen molar-refractivity contribution in [2.24, 2.45) is 0 Å². The molecule has 1 aromatic heterocycles. The molecular weight excluding hydrogens is 446 g/mol. The van der Waals surface area contributed by atoms with Gasteiger partial charge in [0.2, 0.25) is 0 Å². The standard InChI is InChI=1S/C20H18FIN2O2/c1-13-17(22)20(25)24(12-11-14-7-4-3-5-8-14)19(23-13)15-9-6-10-16(21)18(15)26-2/h3-10H,11-12H2,1-2H3. The minimum Gasteiger partial charge on any atom is -0.493 e. The average Bonchev–Trinajstić information content (AvgIpc) is 2.66. The van der Waals surface area contributed by atoms with Crippen LogP contribution in [0, 0.1) is 16.3 Å². The summed E-state index contributed by atoms with van der Waals surface area (Å²) in [6.45, 7) is 2.22. The quantitative estimate of drug-likeness (QED) is 0.532. The van der Waals surface area contributed by atoms with Crippen LogP contribution in [0.15, 0.2) is 53.3 Å². The van der Waals surface area contributed by atoms with Crippen molar-refractivity contribution in [1.82, 2.24) is 9.55 Å². The van der Waals surface area contributed by atoms with Crippen LogP contribution in [0.1, 0.15) is 11.3 Å². The Labute approximate surface area is 164 Å². The molecule has 2 aromatic carbocycles. The Morgan fingerprint density at radius 3 is 2.58 bits per heavy atom. The molecular formula is C20H18FIN2O2. The van der Waals surface area contributed by atoms with Gasteiger partial charge in [-0.1, -0.05) is 36.4 Å². The van der Waals surface area contributed by atoms with Crippen LogP contribution in [0.2, 0.25) is 0 Å². The smallest absolute Gasteiger partial charge is 0.267 e. The van der Waals surface area contributed by atoms with Gasteiger partial charge in [0.15, 0.2) is 11.6 Å². The van der Waals surface area contributed by atoms with E-state index < -0.39 is 5.82 Å². The molecule has 0 aliphatic carbocycles. The number of nitrogens with zero attached hydrogens (tertiary/aromatic N) is 2. The predicted octanol–water partition coefficient (Wildman–Crippen LogP) is 4.21. The van der Waals surface area contributed by atoms with Gasteiger partial charge in [0.05, 0.1) is 21.9 Å². The zero-order valence-electron chi connectivity index (χ0n) is 14.5. The molecule has 0 aliphatic rings. The lowest BCUT2D eigenvalue weighted by Gasteiger charge is -2.16. The molecule has 0 spiro atoms. The van der Waals surface area contributed by atoms with Gasteiger partial charge in [0.25, 0.3) is 5.56 Å². The van der Waals surface area contributed by atoms with Gasteiger partial charge in [-0.15, -0.1) is 0 Å². The molecule has 0 saturated carbocycles. The predicted molar refractivity (Wildman–Crippen MR) is 108 cm³/mol. The average molecular weight is 464 g/mol. The number of benzene rings is 2. The van der Waals surface area contributed by atoms with Crippen molar-refractivity contribution in [3.8, 4) is 17.1 Å². The summed E-state index contributed by atoms with van der Waals surface area (Å²) in [5, 5.41) is 0. The number of aromatic nitrogens is 2. The molecule has 0 atom stereocenters. The zero-order chi connectivity index (χ0) is 18.7. The Balaban J connectivity index is 2.13. The van der Waals surface area contributed by atoms with E-state index in [0.717, 1.165) is 5.56 Å². The SMILES string of the molecule is COc1c(F)cccc1-c1nc(C)c(I)c(=O)n1CCc1ccccc1. The fraction of sp³-hybridized carbons (Fsp3) is 0.200. The van der Waals surface area contributed by atoms with Crippen molar-refractivity contribution in [2.45, 2.75) is 19.9 Å². The van der Waals surface area contributed by atoms with Crippen molar-refractivity contribution in [3.63, 3.8) is 0 Å². The summed E-state index contributed by atoms with van der Waals surface area (Å²) >= 11 is 2.01. The minimum absolute atomic E-state index is 0.0912. The lowest BCUT2D eigenvalue weighted by Crippen LogP contribution is -2.27. The van der Waals surface area contributed by atoms with Crippen LogP contribution in [0.3, 0.4) is 0 Å². The molecule has 0 saturated heterocycles. The molecule has 4 nitrogen and oxygen atoms in total. The van der Waals surface area contributed by atoms with E-state index >= 15 is 0 Å². The fourth-order valence-corrected chi connectivity index (χ4v) is 3.24. The molecule has 3 rings (SSSR count). The Bertz CT molecular complexity index is 987. The summed E-state index contributed by atoms with van der Waals surface area (Å²) in [4.78, 5) is 17.4. The summed E-state index contributed by atoms with van der Waals surface area (Å²) in [7, 11) is 1.41. The molecule has 0 fully saturated rings. The monoisotopic (exact) mass is 464 g/mol. The third-order valence-corrected chi connectivity index (χ3v) is 5.40. The number of methoxy groups -OCH3 is 1. The molecule has 0 N–H and O–H groups in total. The highest BCUT2D eigenvalue weighted by atomic mass is 127. The van der Waals surface area contributed by atoms with Crippen LogP contribution >= 0.6 is 22.6 Å². The summed E-state index contributed by atoms with van der Waals surface area (Å²) in [6, 6.07) is 14.5. The highest BCUT2D eigenvalue weighted by Crippen LogP contribution is 2.31. The van der Waals surface area contributed by atoms with E-state index in [-0.39, 0.29) is 11.3 Å². The second-order valence-corrected chi connectivity index (χ2v) is 6.93. The van der Waals surface area contributed by atoms with Gasteiger partial charge in [0.1, 0.15) is 5.82 Å². The highest BCUT2D eigenvalue weighted by Gasteiger charge is 2.19. The maximum atomic E-state index is 14.2. The number of ether oxygens (including phenoxy) is 1. The number of hydrogen-bond acceptors (Lipinski definition) is 3. The lowest BCUT2D eigenvalue weighted by molar-refractivity contribution is 0.387. The molecule has 0 radical (unpaired) electrons. The van der Waals surface area contributed by atoms with Crippen molar-refractivity contribution >= 4 is 22.6 Å². The largest absolute Gasteiger partial charge is 0.493 e. The molecule has 6 heteroatoms. The van der Waals surface area contributed by atoms with Gasteiger partial charge in [-0.2, -0.15) is 0 Å². The number of aryl methyl sites for hydroxylation is 2. The van der Waals surface area contributed by atoms with E-state index in [4.69, 9.17) is 4.74 Å². The fourth-order valence-electron chi connectivity index (χ4n) is 2.83. The van der Waals surface area contributed by atoms with Crippen LogP contribution < -0.4 is 10.3 Å². The van der Waals surface area contributed by atoms with E-state index in [1.165, 1.54) is 13.2 Å². The molecule has 0 amide bonds. The first-order valence-electron chi connectivity index (χ1n) is 8.16. The van der Waals surface area contributed by atoms with Crippen molar-refractivity contribution in [2.75, 3.05) is 7.11 Å². The first-order chi connectivity index (χ1) is 12.5. The summed E-state index contributed by atoms with van der Waals surface area (Å²) in [6.07, 6.45) is 0.673. The number of rotatable bonds is 5. The summed E-state index contributed by atoms with van der Waals surface area (Å²) in [5.74, 6) is 0.0266. The first kappa shape index (κ1) is 18.6. The van der Waals surface area contributed by atoms with Gasteiger partial charge in [-0.3, -0.25) is 9.36 Å². The third kappa shape index (κ3) is 3.65. The van der Waals surface area contributed by atoms with Gasteiger partial charge in [-0.05, 0) is 53.6 Å². The van der Waals surface area contributed by atoms with Gasteiger partial charge in [0, 0.05) is 6.54 Å². The van der Waals surface area contributed by atoms with Crippen LogP contribution in [-0.4, -0.2) is 16.7 Å². The molecule has 0 bridgehead atoms. The van der Waals surface area contributed by atoms with E-state index in [9.17, 15) is 9.18 Å². The third-order valence-electron chi connectivity index (χ3n) is 4.16. The Hall–Kier alpha value is -2.22. The number of hydrogen-bond donors (Lipinski definition) is 0. The van der Waals surface area contributed by atoms with E-state index in [2.05, 4.69) is 4.98 Å². The van der Waals surface area contributed by atoms with Gasteiger partial charge in [-0.25, -0.2) is 9.37 Å². The van der Waals surface area contributed by atoms with Crippen molar-refractivity contribution < 1.29 is 9.13 Å². The molecule has 26 heavy (non-hydrogen) atoms. The van der Waals surface area contributed by atoms with Crippen LogP contribution in [0.4, 0.5) is 4.39 Å². The maximum absolute atomic E-state index is 14.2. The lowest BCUT2D eigenvalue weighted by atomic mass is 10.1. The van der Waals surface area contributed by atoms with Gasteiger partial charge < -0.3 is 4.74 Å². The maximum Gasteiger partial charge on any atom is 0.267 e. The Kier molecular flexibility index (Phi) is 5.70. The summed E-state index contributed by atoms with van der Waals surface area (Å²) in [5.41, 5.74) is 2.08. The normalized spacial score (nSPS) is 10.8. The van der Waals surface area contributed by atoms with Gasteiger partial charge >= 0.3 is 0 Å². The van der Waals surface area contributed by atoms with Crippen LogP contribution in [0.25, 0.3) is 11.4 Å². The van der Waals surface area contributed by atoms with Crippen LogP contribution in [-0.2, 0) is 13.0 Å².